The molecule has 0 fully saturated rings. The van der Waals surface area contributed by atoms with Gasteiger partial charge in [-0.3, -0.25) is 4.57 Å². The molecule has 0 saturated carbocycles. The molecule has 1 rings (SSSR count). The lowest BCUT2D eigenvalue weighted by Crippen LogP contribution is -2.27. The third-order valence-corrected chi connectivity index (χ3v) is 1.54. The number of amides is 1. The minimum absolute atomic E-state index is 0.00694. The smallest absolute Gasteiger partial charge is 0.327 e. The van der Waals surface area contributed by atoms with Gasteiger partial charge in [0.2, 0.25) is 0 Å². The summed E-state index contributed by atoms with van der Waals surface area (Å²) in [5.41, 5.74) is 0.962. The quantitative estimate of drug-likeness (QED) is 0.550. The summed E-state index contributed by atoms with van der Waals surface area (Å²) in [6.07, 6.45) is 1.76. The van der Waals surface area contributed by atoms with Gasteiger partial charge >= 0.3 is 6.03 Å². The van der Waals surface area contributed by atoms with Gasteiger partial charge < -0.3 is 4.90 Å². The normalized spacial score (nSPS) is 9.73. The molecule has 0 radical (unpaired) electrons. The van der Waals surface area contributed by atoms with Crippen LogP contribution in [0.2, 0.25) is 0 Å². The molecular formula is C8H12N2O. The van der Waals surface area contributed by atoms with E-state index in [1.165, 1.54) is 0 Å². The van der Waals surface area contributed by atoms with Crippen LogP contribution in [0.25, 0.3) is 0 Å². The van der Waals surface area contributed by atoms with E-state index in [0.717, 1.165) is 5.69 Å². The van der Waals surface area contributed by atoms with Gasteiger partial charge in [-0.15, -0.1) is 0 Å². The first-order valence-corrected chi connectivity index (χ1v) is 3.48. The Labute approximate surface area is 66.2 Å². The molecule has 0 aromatic carbocycles. The topological polar surface area (TPSA) is 25.2 Å². The maximum atomic E-state index is 11.3. The first-order valence-electron chi connectivity index (χ1n) is 3.48. The number of carbonyl (C=O) groups excluding carboxylic acids is 1. The Morgan fingerprint density at radius 1 is 1.55 bits per heavy atom. The molecule has 60 valence electrons. The van der Waals surface area contributed by atoms with Gasteiger partial charge in [0.1, 0.15) is 0 Å². The molecular weight excluding hydrogens is 140 g/mol. The molecule has 0 aliphatic rings. The summed E-state index contributed by atoms with van der Waals surface area (Å²) in [5, 5.41) is 0. The van der Waals surface area contributed by atoms with Crippen LogP contribution in [0.4, 0.5) is 4.79 Å². The summed E-state index contributed by atoms with van der Waals surface area (Å²) >= 11 is 0. The first kappa shape index (κ1) is 7.85. The molecule has 1 aromatic heterocycles. The van der Waals surface area contributed by atoms with Crippen molar-refractivity contribution < 1.29 is 4.79 Å². The van der Waals surface area contributed by atoms with Crippen molar-refractivity contribution in [3.63, 3.8) is 0 Å². The molecule has 0 aliphatic heterocycles. The summed E-state index contributed by atoms with van der Waals surface area (Å²) in [4.78, 5) is 12.9. The van der Waals surface area contributed by atoms with Crippen LogP contribution in [0.3, 0.4) is 0 Å². The van der Waals surface area contributed by atoms with Crippen molar-refractivity contribution >= 4 is 6.03 Å². The Bertz CT molecular complexity index is 263. The minimum atomic E-state index is -0.00694. The highest BCUT2D eigenvalue weighted by atomic mass is 16.2. The predicted octanol–water partition coefficient (Wildman–Crippen LogP) is 1.33. The number of rotatable bonds is 0. The fourth-order valence-corrected chi connectivity index (χ4v) is 0.896. The van der Waals surface area contributed by atoms with Crippen LogP contribution in [0.1, 0.15) is 5.69 Å². The summed E-state index contributed by atoms with van der Waals surface area (Å²) in [6.45, 7) is 1.90. The molecule has 1 heterocycles. The lowest BCUT2D eigenvalue weighted by molar-refractivity contribution is 0.218. The summed E-state index contributed by atoms with van der Waals surface area (Å²) in [6, 6.07) is 3.76. The molecule has 3 heteroatoms. The third-order valence-electron chi connectivity index (χ3n) is 1.54. The fraction of sp³-hybridized carbons (Fsp3) is 0.375. The Balaban J connectivity index is 2.93. The van der Waals surface area contributed by atoms with E-state index in [2.05, 4.69) is 0 Å². The Morgan fingerprint density at radius 2 is 2.18 bits per heavy atom. The highest BCUT2D eigenvalue weighted by Crippen LogP contribution is 2.00. The van der Waals surface area contributed by atoms with Gasteiger partial charge in [-0.1, -0.05) is 0 Å². The molecule has 0 atom stereocenters. The average molecular weight is 152 g/mol. The van der Waals surface area contributed by atoms with Crippen LogP contribution in [0, 0.1) is 6.92 Å². The Hall–Kier alpha value is -1.25. The maximum Gasteiger partial charge on any atom is 0.327 e. The molecule has 0 N–H and O–H groups in total. The van der Waals surface area contributed by atoms with Crippen LogP contribution in [-0.2, 0) is 0 Å². The molecule has 3 nitrogen and oxygen atoms in total. The molecule has 0 aliphatic carbocycles. The van der Waals surface area contributed by atoms with E-state index in [0.29, 0.717) is 0 Å². The molecule has 0 saturated heterocycles. The van der Waals surface area contributed by atoms with Gasteiger partial charge in [0.15, 0.2) is 0 Å². The molecule has 0 spiro atoms. The number of hydrogen-bond acceptors (Lipinski definition) is 1. The van der Waals surface area contributed by atoms with E-state index >= 15 is 0 Å². The number of aromatic nitrogens is 1. The standard InChI is InChI=1S/C8H12N2O/c1-7-5-4-6-10(7)8(11)9(2)3/h4-6H,1-3H3. The van der Waals surface area contributed by atoms with Crippen LogP contribution in [-0.4, -0.2) is 29.6 Å². The van der Waals surface area contributed by atoms with Crippen LogP contribution in [0.5, 0.6) is 0 Å². The third kappa shape index (κ3) is 1.42. The largest absolute Gasteiger partial charge is 0.330 e. The van der Waals surface area contributed by atoms with Gasteiger partial charge in [0.05, 0.1) is 0 Å². The van der Waals surface area contributed by atoms with Crippen LogP contribution >= 0.6 is 0 Å². The fourth-order valence-electron chi connectivity index (χ4n) is 0.896. The molecule has 1 amide bonds. The van der Waals surface area contributed by atoms with Gasteiger partial charge in [-0.05, 0) is 19.1 Å². The lowest BCUT2D eigenvalue weighted by atomic mass is 10.5. The molecule has 0 bridgehead atoms. The van der Waals surface area contributed by atoms with E-state index in [1.54, 1.807) is 29.8 Å². The second-order valence-electron chi connectivity index (χ2n) is 2.70. The van der Waals surface area contributed by atoms with E-state index in [1.807, 2.05) is 19.1 Å². The number of nitrogens with zero attached hydrogens (tertiary/aromatic N) is 2. The van der Waals surface area contributed by atoms with Crippen molar-refractivity contribution in [2.45, 2.75) is 6.92 Å². The Morgan fingerprint density at radius 3 is 2.55 bits per heavy atom. The van der Waals surface area contributed by atoms with E-state index < -0.39 is 0 Å². The summed E-state index contributed by atoms with van der Waals surface area (Å²) in [7, 11) is 3.48. The highest BCUT2D eigenvalue weighted by Gasteiger charge is 2.06. The highest BCUT2D eigenvalue weighted by molar-refractivity contribution is 5.77. The van der Waals surface area contributed by atoms with Gasteiger partial charge in [-0.2, -0.15) is 0 Å². The molecule has 11 heavy (non-hydrogen) atoms. The first-order chi connectivity index (χ1) is 5.13. The predicted molar refractivity (Wildman–Crippen MR) is 43.7 cm³/mol. The maximum absolute atomic E-state index is 11.3. The second kappa shape index (κ2) is 2.78. The van der Waals surface area contributed by atoms with Gasteiger partial charge in [0.25, 0.3) is 0 Å². The molecule has 0 unspecified atom stereocenters. The minimum Gasteiger partial charge on any atom is -0.330 e. The van der Waals surface area contributed by atoms with Crippen molar-refractivity contribution in [2.75, 3.05) is 14.1 Å². The van der Waals surface area contributed by atoms with Crippen LogP contribution < -0.4 is 0 Å². The SMILES string of the molecule is Cc1cccn1C(=O)N(C)C. The van der Waals surface area contributed by atoms with Crippen molar-refractivity contribution in [1.82, 2.24) is 9.47 Å². The number of hydrogen-bond donors (Lipinski definition) is 0. The monoisotopic (exact) mass is 152 g/mol. The van der Waals surface area contributed by atoms with E-state index in [9.17, 15) is 4.79 Å². The lowest BCUT2D eigenvalue weighted by Gasteiger charge is -2.11. The second-order valence-corrected chi connectivity index (χ2v) is 2.70. The Kier molecular flexibility index (Phi) is 1.98. The van der Waals surface area contributed by atoms with Crippen molar-refractivity contribution in [2.24, 2.45) is 0 Å². The van der Waals surface area contributed by atoms with E-state index in [-0.39, 0.29) is 6.03 Å². The summed E-state index contributed by atoms with van der Waals surface area (Å²) in [5.74, 6) is 0. The zero-order valence-electron chi connectivity index (χ0n) is 7.03. The van der Waals surface area contributed by atoms with Gasteiger partial charge in [0, 0.05) is 26.0 Å². The van der Waals surface area contributed by atoms with Crippen molar-refractivity contribution in [3.8, 4) is 0 Å². The average Bonchev–Trinajstić information content (AvgIpc) is 2.33. The number of aryl methyl sites for hydroxylation is 1. The zero-order valence-corrected chi connectivity index (χ0v) is 7.03. The van der Waals surface area contributed by atoms with E-state index in [4.69, 9.17) is 0 Å². The summed E-state index contributed by atoms with van der Waals surface area (Å²) < 4.78 is 1.61. The number of carbonyl (C=O) groups is 1. The van der Waals surface area contributed by atoms with Gasteiger partial charge in [-0.25, -0.2) is 4.79 Å². The zero-order chi connectivity index (χ0) is 8.43. The van der Waals surface area contributed by atoms with Crippen molar-refractivity contribution in [1.29, 1.82) is 0 Å². The van der Waals surface area contributed by atoms with Crippen LogP contribution in [0.15, 0.2) is 18.3 Å². The molecule has 1 aromatic rings. The van der Waals surface area contributed by atoms with Crippen molar-refractivity contribution in [3.05, 3.63) is 24.0 Å².